The van der Waals surface area contributed by atoms with Crippen molar-refractivity contribution >= 4 is 21.6 Å². The number of nitrogens with zero attached hydrogens (tertiary/aromatic N) is 4. The Kier molecular flexibility index (Phi) is 7.03. The quantitative estimate of drug-likeness (QED) is 0.594. The van der Waals surface area contributed by atoms with Crippen molar-refractivity contribution in [2.24, 2.45) is 4.99 Å². The number of rotatable bonds is 4. The van der Waals surface area contributed by atoms with Crippen LogP contribution in [0.3, 0.4) is 0 Å². The molecule has 0 aromatic carbocycles. The van der Waals surface area contributed by atoms with Gasteiger partial charge in [-0.05, 0) is 51.3 Å². The molecular weight excluding hydrogens is 386 g/mol. The van der Waals surface area contributed by atoms with Crippen LogP contribution in [0.4, 0.5) is 5.82 Å². The molecule has 0 bridgehead atoms. The second-order valence-corrected chi connectivity index (χ2v) is 11.3. The molecule has 0 aliphatic carbocycles. The molecule has 1 aromatic heterocycles. The van der Waals surface area contributed by atoms with Gasteiger partial charge < -0.3 is 15.1 Å². The largest absolute Gasteiger partial charge is 0.357 e. The Bertz CT molecular complexity index is 814. The second kappa shape index (κ2) is 9.32. The summed E-state index contributed by atoms with van der Waals surface area (Å²) in [5.74, 6) is 1.98. The van der Waals surface area contributed by atoms with E-state index >= 15 is 0 Å². The van der Waals surface area contributed by atoms with Crippen molar-refractivity contribution in [1.82, 2.24) is 15.2 Å². The van der Waals surface area contributed by atoms with Crippen LogP contribution in [0, 0.1) is 0 Å². The van der Waals surface area contributed by atoms with Gasteiger partial charge in [0.1, 0.15) is 5.82 Å². The lowest BCUT2D eigenvalue weighted by Crippen LogP contribution is -2.57. The van der Waals surface area contributed by atoms with Crippen molar-refractivity contribution < 1.29 is 8.42 Å². The molecule has 29 heavy (non-hydrogen) atoms. The van der Waals surface area contributed by atoms with Gasteiger partial charge in [-0.1, -0.05) is 12.8 Å². The summed E-state index contributed by atoms with van der Waals surface area (Å²) in [6, 6.07) is 4.15. The van der Waals surface area contributed by atoms with E-state index in [0.29, 0.717) is 19.6 Å². The van der Waals surface area contributed by atoms with Gasteiger partial charge in [0, 0.05) is 38.9 Å². The van der Waals surface area contributed by atoms with Gasteiger partial charge in [-0.15, -0.1) is 0 Å². The number of anilines is 1. The summed E-state index contributed by atoms with van der Waals surface area (Å²) in [5.41, 5.74) is 1.12. The first-order valence-corrected chi connectivity index (χ1v) is 12.4. The maximum absolute atomic E-state index is 12.3. The summed E-state index contributed by atoms with van der Waals surface area (Å²) in [4.78, 5) is 13.8. The van der Waals surface area contributed by atoms with Crippen LogP contribution in [0.25, 0.3) is 0 Å². The molecule has 1 N–H and O–H groups in total. The first kappa shape index (κ1) is 21.9. The highest BCUT2D eigenvalue weighted by Crippen LogP contribution is 2.24. The summed E-state index contributed by atoms with van der Waals surface area (Å²) in [6.45, 7) is 10.0. The van der Waals surface area contributed by atoms with E-state index in [4.69, 9.17) is 4.99 Å². The highest BCUT2D eigenvalue weighted by molar-refractivity contribution is 7.92. The Labute approximate surface area is 175 Å². The van der Waals surface area contributed by atoms with E-state index in [9.17, 15) is 8.42 Å². The van der Waals surface area contributed by atoms with Crippen molar-refractivity contribution in [1.29, 1.82) is 0 Å². The standard InChI is InChI=1S/C21H35N5O2S/c1-4-22-20(26-13-14-29(27,28)21(2,3)17-26)24-16-18-9-10-23-19(15-18)25-11-7-5-6-8-12-25/h9-10,15H,4-8,11-14,16-17H2,1-3H3,(H,22,24). The minimum Gasteiger partial charge on any atom is -0.357 e. The fourth-order valence-electron chi connectivity index (χ4n) is 3.95. The van der Waals surface area contributed by atoms with Crippen LogP contribution in [0.15, 0.2) is 23.3 Å². The van der Waals surface area contributed by atoms with Gasteiger partial charge >= 0.3 is 0 Å². The molecule has 2 fully saturated rings. The van der Waals surface area contributed by atoms with Gasteiger partial charge in [-0.3, -0.25) is 0 Å². The number of hydrogen-bond acceptors (Lipinski definition) is 5. The van der Waals surface area contributed by atoms with Crippen molar-refractivity contribution in [3.05, 3.63) is 23.9 Å². The Balaban J connectivity index is 1.73. The van der Waals surface area contributed by atoms with E-state index in [2.05, 4.69) is 26.2 Å². The molecule has 0 spiro atoms. The normalized spacial score (nSPS) is 22.2. The number of guanidine groups is 1. The van der Waals surface area contributed by atoms with E-state index in [1.54, 1.807) is 13.8 Å². The number of hydrogen-bond donors (Lipinski definition) is 1. The molecule has 2 aliphatic heterocycles. The summed E-state index contributed by atoms with van der Waals surface area (Å²) < 4.78 is 23.9. The van der Waals surface area contributed by atoms with Crippen molar-refractivity contribution in [2.75, 3.05) is 43.4 Å². The Hall–Kier alpha value is -1.83. The van der Waals surface area contributed by atoms with Crippen molar-refractivity contribution in [3.8, 4) is 0 Å². The molecule has 7 nitrogen and oxygen atoms in total. The zero-order chi connectivity index (χ0) is 20.9. The number of sulfone groups is 1. The van der Waals surface area contributed by atoms with E-state index in [1.807, 2.05) is 19.2 Å². The van der Waals surface area contributed by atoms with E-state index < -0.39 is 14.6 Å². The second-order valence-electron chi connectivity index (χ2n) is 8.59. The van der Waals surface area contributed by atoms with Crippen LogP contribution < -0.4 is 10.2 Å². The van der Waals surface area contributed by atoms with Crippen LogP contribution in [0.1, 0.15) is 52.0 Å². The molecular formula is C21H35N5O2S. The SMILES string of the molecule is CCNC(=NCc1ccnc(N2CCCCCC2)c1)N1CCS(=O)(=O)C(C)(C)C1. The maximum atomic E-state index is 12.3. The van der Waals surface area contributed by atoms with Gasteiger partial charge in [0.2, 0.25) is 0 Å². The molecule has 1 aromatic rings. The summed E-state index contributed by atoms with van der Waals surface area (Å²) in [7, 11) is -3.07. The van der Waals surface area contributed by atoms with Crippen LogP contribution in [0.5, 0.6) is 0 Å². The molecule has 0 saturated carbocycles. The van der Waals surface area contributed by atoms with E-state index in [1.165, 1.54) is 25.7 Å². The van der Waals surface area contributed by atoms with E-state index in [0.717, 1.165) is 37.0 Å². The lowest BCUT2D eigenvalue weighted by molar-refractivity contribution is 0.353. The molecule has 2 saturated heterocycles. The predicted molar refractivity (Wildman–Crippen MR) is 119 cm³/mol. The molecule has 3 heterocycles. The monoisotopic (exact) mass is 421 g/mol. The Morgan fingerprint density at radius 2 is 1.93 bits per heavy atom. The zero-order valence-corrected chi connectivity index (χ0v) is 18.8. The first-order chi connectivity index (χ1) is 13.8. The summed E-state index contributed by atoms with van der Waals surface area (Å²) in [6.07, 6.45) is 6.92. The van der Waals surface area contributed by atoms with Crippen molar-refractivity contribution in [2.45, 2.75) is 57.7 Å². The topological polar surface area (TPSA) is 77.9 Å². The highest BCUT2D eigenvalue weighted by Gasteiger charge is 2.40. The molecule has 8 heteroatoms. The molecule has 0 atom stereocenters. The Morgan fingerprint density at radius 1 is 1.21 bits per heavy atom. The van der Waals surface area contributed by atoms with Crippen molar-refractivity contribution in [3.63, 3.8) is 0 Å². The zero-order valence-electron chi connectivity index (χ0n) is 18.0. The van der Waals surface area contributed by atoms with Gasteiger partial charge in [0.15, 0.2) is 15.8 Å². The van der Waals surface area contributed by atoms with Crippen LogP contribution >= 0.6 is 0 Å². The number of pyridine rings is 1. The molecule has 162 valence electrons. The van der Waals surface area contributed by atoms with Crippen LogP contribution in [-0.2, 0) is 16.4 Å². The number of nitrogens with one attached hydrogen (secondary N) is 1. The first-order valence-electron chi connectivity index (χ1n) is 10.8. The van der Waals surface area contributed by atoms with Gasteiger partial charge in [-0.2, -0.15) is 0 Å². The molecule has 0 radical (unpaired) electrons. The number of aliphatic imine (C=N–C) groups is 1. The molecule has 0 unspecified atom stereocenters. The average Bonchev–Trinajstić information content (AvgIpc) is 2.97. The third kappa shape index (κ3) is 5.41. The van der Waals surface area contributed by atoms with Gasteiger partial charge in [-0.25, -0.2) is 18.4 Å². The maximum Gasteiger partial charge on any atom is 0.194 e. The fourth-order valence-corrected chi connectivity index (χ4v) is 5.31. The number of aromatic nitrogens is 1. The smallest absolute Gasteiger partial charge is 0.194 e. The lowest BCUT2D eigenvalue weighted by atomic mass is 10.2. The molecule has 3 rings (SSSR count). The van der Waals surface area contributed by atoms with Gasteiger partial charge in [0.05, 0.1) is 17.0 Å². The highest BCUT2D eigenvalue weighted by atomic mass is 32.2. The molecule has 2 aliphatic rings. The third-order valence-corrected chi connectivity index (χ3v) is 8.36. The summed E-state index contributed by atoms with van der Waals surface area (Å²) in [5, 5.41) is 3.33. The van der Waals surface area contributed by atoms with Crippen LogP contribution in [0.2, 0.25) is 0 Å². The fraction of sp³-hybridized carbons (Fsp3) is 0.714. The third-order valence-electron chi connectivity index (χ3n) is 5.83. The minimum atomic E-state index is -3.07. The molecule has 0 amide bonds. The van der Waals surface area contributed by atoms with E-state index in [-0.39, 0.29) is 5.75 Å². The Morgan fingerprint density at radius 3 is 2.59 bits per heavy atom. The predicted octanol–water partition coefficient (Wildman–Crippen LogP) is 2.44. The van der Waals surface area contributed by atoms with Gasteiger partial charge in [0.25, 0.3) is 0 Å². The average molecular weight is 422 g/mol. The van der Waals surface area contributed by atoms with Crippen LogP contribution in [-0.4, -0.2) is 67.5 Å². The lowest BCUT2D eigenvalue weighted by Gasteiger charge is -2.39. The minimum absolute atomic E-state index is 0.165. The summed E-state index contributed by atoms with van der Waals surface area (Å²) >= 11 is 0.